The van der Waals surface area contributed by atoms with Gasteiger partial charge in [0.25, 0.3) is 11.8 Å². The molecule has 22 heavy (non-hydrogen) atoms. The zero-order chi connectivity index (χ0) is 16.1. The number of nitrogens with one attached hydrogen (secondary N) is 2. The third-order valence-corrected chi connectivity index (χ3v) is 3.63. The molecule has 0 aliphatic carbocycles. The minimum Gasteiger partial charge on any atom is -0.350 e. The van der Waals surface area contributed by atoms with Crippen molar-refractivity contribution in [3.8, 4) is 0 Å². The second-order valence-electron chi connectivity index (χ2n) is 4.38. The van der Waals surface area contributed by atoms with Crippen LogP contribution >= 0.6 is 11.3 Å². The molecular weight excluding hydrogens is 312 g/mol. The lowest BCUT2D eigenvalue weighted by atomic mass is 10.2. The van der Waals surface area contributed by atoms with Crippen LogP contribution in [-0.4, -0.2) is 29.9 Å². The van der Waals surface area contributed by atoms with E-state index in [1.165, 1.54) is 17.5 Å². The molecule has 0 spiro atoms. The molecule has 2 rings (SSSR count). The van der Waals surface area contributed by atoms with E-state index in [0.717, 1.165) is 17.1 Å². The Morgan fingerprint density at radius 2 is 1.86 bits per heavy atom. The normalized spacial score (nSPS) is 10.3. The highest BCUT2D eigenvalue weighted by Crippen LogP contribution is 2.11. The number of nitrogens with zero attached hydrogens (tertiary/aromatic N) is 1. The van der Waals surface area contributed by atoms with Crippen LogP contribution in [0.4, 0.5) is 8.78 Å². The van der Waals surface area contributed by atoms with Gasteiger partial charge in [-0.3, -0.25) is 9.59 Å². The maximum atomic E-state index is 13.4. The Labute approximate surface area is 129 Å². The first-order valence-electron chi connectivity index (χ1n) is 6.41. The van der Waals surface area contributed by atoms with Crippen LogP contribution in [0.3, 0.4) is 0 Å². The Bertz CT molecular complexity index is 703. The van der Waals surface area contributed by atoms with Crippen LogP contribution in [0.25, 0.3) is 0 Å². The smallest absolute Gasteiger partial charge is 0.263 e. The Balaban J connectivity index is 1.79. The fourth-order valence-corrected chi connectivity index (χ4v) is 2.37. The number of hydrogen-bond acceptors (Lipinski definition) is 4. The first-order valence-corrected chi connectivity index (χ1v) is 7.23. The SMILES string of the molecule is Cc1ncc(C(=O)NCCNC(=O)c2ccc(F)cc2F)s1. The van der Waals surface area contributed by atoms with E-state index in [1.54, 1.807) is 6.92 Å². The summed E-state index contributed by atoms with van der Waals surface area (Å²) in [7, 11) is 0. The number of amides is 2. The molecule has 5 nitrogen and oxygen atoms in total. The molecule has 0 atom stereocenters. The molecule has 2 amide bonds. The molecule has 2 N–H and O–H groups in total. The number of halogens is 2. The minimum absolute atomic E-state index is 0.124. The van der Waals surface area contributed by atoms with Crippen LogP contribution < -0.4 is 10.6 Å². The molecule has 0 saturated heterocycles. The van der Waals surface area contributed by atoms with Gasteiger partial charge >= 0.3 is 0 Å². The van der Waals surface area contributed by atoms with Crippen molar-refractivity contribution in [3.63, 3.8) is 0 Å². The van der Waals surface area contributed by atoms with Gasteiger partial charge in [0.1, 0.15) is 16.5 Å². The molecule has 2 aromatic rings. The van der Waals surface area contributed by atoms with E-state index in [4.69, 9.17) is 0 Å². The van der Waals surface area contributed by atoms with E-state index in [0.29, 0.717) is 10.9 Å². The van der Waals surface area contributed by atoms with Crippen molar-refractivity contribution in [2.75, 3.05) is 13.1 Å². The topological polar surface area (TPSA) is 71.1 Å². The molecule has 0 radical (unpaired) electrons. The van der Waals surface area contributed by atoms with Crippen LogP contribution in [0, 0.1) is 18.6 Å². The van der Waals surface area contributed by atoms with Gasteiger partial charge in [-0.05, 0) is 19.1 Å². The lowest BCUT2D eigenvalue weighted by Gasteiger charge is -2.07. The third-order valence-electron chi connectivity index (χ3n) is 2.72. The second-order valence-corrected chi connectivity index (χ2v) is 5.61. The number of rotatable bonds is 5. The Morgan fingerprint density at radius 1 is 1.18 bits per heavy atom. The highest BCUT2D eigenvalue weighted by Gasteiger charge is 2.12. The first-order chi connectivity index (χ1) is 10.5. The summed E-state index contributed by atoms with van der Waals surface area (Å²) < 4.78 is 26.1. The molecule has 116 valence electrons. The standard InChI is InChI=1S/C14H13F2N3O2S/c1-8-19-7-12(22-8)14(21)18-5-4-17-13(20)10-3-2-9(15)6-11(10)16/h2-3,6-7H,4-5H2,1H3,(H,17,20)(H,18,21). The molecule has 0 fully saturated rings. The van der Waals surface area contributed by atoms with Crippen molar-refractivity contribution in [2.45, 2.75) is 6.92 Å². The predicted molar refractivity (Wildman–Crippen MR) is 77.9 cm³/mol. The van der Waals surface area contributed by atoms with E-state index in [-0.39, 0.29) is 24.6 Å². The van der Waals surface area contributed by atoms with Crippen molar-refractivity contribution in [1.82, 2.24) is 15.6 Å². The number of aryl methyl sites for hydroxylation is 1. The van der Waals surface area contributed by atoms with Crippen LogP contribution in [-0.2, 0) is 0 Å². The average Bonchev–Trinajstić information content (AvgIpc) is 2.90. The number of carbonyl (C=O) groups excluding carboxylic acids is 2. The summed E-state index contributed by atoms with van der Waals surface area (Å²) in [5.74, 6) is -2.63. The lowest BCUT2D eigenvalue weighted by Crippen LogP contribution is -2.34. The van der Waals surface area contributed by atoms with Gasteiger partial charge in [0.05, 0.1) is 16.8 Å². The Kier molecular flexibility index (Phi) is 5.16. The van der Waals surface area contributed by atoms with E-state index >= 15 is 0 Å². The Hall–Kier alpha value is -2.35. The monoisotopic (exact) mass is 325 g/mol. The van der Waals surface area contributed by atoms with Gasteiger partial charge in [-0.25, -0.2) is 13.8 Å². The third kappa shape index (κ3) is 4.08. The van der Waals surface area contributed by atoms with Gasteiger partial charge < -0.3 is 10.6 Å². The van der Waals surface area contributed by atoms with Crippen molar-refractivity contribution in [1.29, 1.82) is 0 Å². The number of aromatic nitrogens is 1. The van der Waals surface area contributed by atoms with Crippen molar-refractivity contribution in [2.24, 2.45) is 0 Å². The molecule has 0 aliphatic rings. The number of benzene rings is 1. The molecule has 0 unspecified atom stereocenters. The average molecular weight is 325 g/mol. The van der Waals surface area contributed by atoms with Gasteiger partial charge in [0.15, 0.2) is 0 Å². The molecule has 1 aromatic heterocycles. The molecule has 0 aliphatic heterocycles. The quantitative estimate of drug-likeness (QED) is 0.825. The zero-order valence-corrected chi connectivity index (χ0v) is 12.5. The van der Waals surface area contributed by atoms with E-state index in [1.807, 2.05) is 0 Å². The van der Waals surface area contributed by atoms with Gasteiger partial charge in [-0.2, -0.15) is 0 Å². The van der Waals surface area contributed by atoms with Crippen LogP contribution in [0.5, 0.6) is 0 Å². The zero-order valence-electron chi connectivity index (χ0n) is 11.7. The lowest BCUT2D eigenvalue weighted by molar-refractivity contribution is 0.0927. The molecule has 1 aromatic carbocycles. The summed E-state index contributed by atoms with van der Waals surface area (Å²) in [4.78, 5) is 27.9. The van der Waals surface area contributed by atoms with E-state index in [9.17, 15) is 18.4 Å². The fraction of sp³-hybridized carbons (Fsp3) is 0.214. The summed E-state index contributed by atoms with van der Waals surface area (Å²) in [5.41, 5.74) is -0.245. The summed E-state index contributed by atoms with van der Waals surface area (Å²) in [6.45, 7) is 2.10. The van der Waals surface area contributed by atoms with E-state index < -0.39 is 17.5 Å². The fourth-order valence-electron chi connectivity index (χ4n) is 1.67. The minimum atomic E-state index is -0.929. The summed E-state index contributed by atoms with van der Waals surface area (Å²) in [5, 5.41) is 5.83. The maximum absolute atomic E-state index is 13.4. The predicted octanol–water partition coefficient (Wildman–Crippen LogP) is 1.89. The molecule has 1 heterocycles. The molecule has 0 bridgehead atoms. The highest BCUT2D eigenvalue weighted by molar-refractivity contribution is 7.13. The number of thiazole rings is 1. The highest BCUT2D eigenvalue weighted by atomic mass is 32.1. The van der Waals surface area contributed by atoms with Crippen LogP contribution in [0.15, 0.2) is 24.4 Å². The summed E-state index contributed by atoms with van der Waals surface area (Å²) in [6.07, 6.45) is 1.47. The van der Waals surface area contributed by atoms with Crippen molar-refractivity contribution in [3.05, 3.63) is 51.5 Å². The number of carbonyl (C=O) groups is 2. The van der Waals surface area contributed by atoms with Gasteiger partial charge in [-0.15, -0.1) is 11.3 Å². The number of hydrogen-bond donors (Lipinski definition) is 2. The van der Waals surface area contributed by atoms with Crippen LogP contribution in [0.1, 0.15) is 25.0 Å². The van der Waals surface area contributed by atoms with Gasteiger partial charge in [-0.1, -0.05) is 0 Å². The van der Waals surface area contributed by atoms with E-state index in [2.05, 4.69) is 15.6 Å². The van der Waals surface area contributed by atoms with Gasteiger partial charge in [0.2, 0.25) is 0 Å². The Morgan fingerprint density at radius 3 is 2.45 bits per heavy atom. The van der Waals surface area contributed by atoms with Gasteiger partial charge in [0, 0.05) is 19.2 Å². The second kappa shape index (κ2) is 7.08. The largest absolute Gasteiger partial charge is 0.350 e. The summed E-state index contributed by atoms with van der Waals surface area (Å²) in [6, 6.07) is 2.72. The molecule has 8 heteroatoms. The van der Waals surface area contributed by atoms with Crippen LogP contribution in [0.2, 0.25) is 0 Å². The maximum Gasteiger partial charge on any atom is 0.263 e. The molecular formula is C14H13F2N3O2S. The molecule has 0 saturated carbocycles. The first kappa shape index (κ1) is 16.0. The van der Waals surface area contributed by atoms with Crippen molar-refractivity contribution < 1.29 is 18.4 Å². The van der Waals surface area contributed by atoms with Crippen molar-refractivity contribution >= 4 is 23.2 Å². The summed E-state index contributed by atoms with van der Waals surface area (Å²) >= 11 is 1.26.